The van der Waals surface area contributed by atoms with E-state index in [-0.39, 0.29) is 29.5 Å². The molecule has 180 valence electrons. The van der Waals surface area contributed by atoms with Crippen molar-refractivity contribution in [3.63, 3.8) is 0 Å². The Morgan fingerprint density at radius 3 is 2.60 bits per heavy atom. The molecule has 0 saturated carbocycles. The van der Waals surface area contributed by atoms with Gasteiger partial charge in [0.1, 0.15) is 6.61 Å². The van der Waals surface area contributed by atoms with E-state index >= 15 is 0 Å². The summed E-state index contributed by atoms with van der Waals surface area (Å²) in [4.78, 5) is 14.0. The number of hydrogen-bond donors (Lipinski definition) is 0. The number of ether oxygens (including phenoxy) is 1. The molecule has 0 aromatic heterocycles. The number of nitrogens with zero attached hydrogens (tertiary/aromatic N) is 3. The maximum Gasteiger partial charge on any atom is 0.264 e. The van der Waals surface area contributed by atoms with Gasteiger partial charge in [-0.3, -0.25) is 9.10 Å². The summed E-state index contributed by atoms with van der Waals surface area (Å²) in [7, 11) is -2.49. The Bertz CT molecular complexity index is 1380. The highest BCUT2D eigenvalue weighted by Crippen LogP contribution is 2.30. The van der Waals surface area contributed by atoms with Crippen LogP contribution in [0.3, 0.4) is 0 Å². The van der Waals surface area contributed by atoms with Crippen LogP contribution in [0.25, 0.3) is 0 Å². The third-order valence-corrected chi connectivity index (χ3v) is 7.92. The summed E-state index contributed by atoms with van der Waals surface area (Å²) < 4.78 is 33.9. The van der Waals surface area contributed by atoms with Gasteiger partial charge in [0.25, 0.3) is 10.0 Å². The number of methoxy groups -OCH3 is 1. The van der Waals surface area contributed by atoms with Gasteiger partial charge in [0.15, 0.2) is 0 Å². The zero-order chi connectivity index (χ0) is 25.0. The summed E-state index contributed by atoms with van der Waals surface area (Å²) in [5, 5.41) is 9.83. The number of fused-ring (bicyclic) bond motifs is 1. The maximum atomic E-state index is 13.8. The van der Waals surface area contributed by atoms with Crippen molar-refractivity contribution >= 4 is 33.2 Å². The van der Waals surface area contributed by atoms with Crippen LogP contribution < -0.4 is 4.31 Å². The Morgan fingerprint density at radius 1 is 1.11 bits per heavy atom. The van der Waals surface area contributed by atoms with E-state index in [0.717, 1.165) is 16.7 Å². The van der Waals surface area contributed by atoms with E-state index in [9.17, 15) is 18.5 Å². The summed E-state index contributed by atoms with van der Waals surface area (Å²) >= 11 is 6.02. The van der Waals surface area contributed by atoms with Crippen LogP contribution in [0.15, 0.2) is 71.6 Å². The van der Waals surface area contributed by atoms with Crippen molar-refractivity contribution in [1.29, 1.82) is 5.26 Å². The first-order chi connectivity index (χ1) is 16.8. The van der Waals surface area contributed by atoms with Crippen molar-refractivity contribution in [2.75, 3.05) is 24.6 Å². The molecule has 0 N–H and O–H groups in total. The third kappa shape index (κ3) is 5.49. The van der Waals surface area contributed by atoms with Crippen molar-refractivity contribution in [3.05, 3.63) is 94.0 Å². The molecule has 0 fully saturated rings. The molecule has 4 rings (SSSR count). The number of amides is 1. The first-order valence-corrected chi connectivity index (χ1v) is 12.8. The Morgan fingerprint density at radius 2 is 1.89 bits per heavy atom. The number of anilines is 1. The summed E-state index contributed by atoms with van der Waals surface area (Å²) in [6.45, 7) is 1.11. The second-order valence-corrected chi connectivity index (χ2v) is 10.5. The van der Waals surface area contributed by atoms with Gasteiger partial charge in [-0.15, -0.1) is 0 Å². The lowest BCUT2D eigenvalue weighted by Gasteiger charge is -2.31. The molecule has 1 aliphatic heterocycles. The zero-order valence-corrected chi connectivity index (χ0v) is 20.7. The number of hydrogen-bond acceptors (Lipinski definition) is 5. The van der Waals surface area contributed by atoms with E-state index in [4.69, 9.17) is 16.3 Å². The number of carbonyl (C=O) groups excluding carboxylic acids is 1. The van der Waals surface area contributed by atoms with Crippen LogP contribution in [-0.4, -0.2) is 39.5 Å². The Balaban J connectivity index is 1.72. The smallest absolute Gasteiger partial charge is 0.264 e. The van der Waals surface area contributed by atoms with Gasteiger partial charge in [0.05, 0.1) is 28.8 Å². The summed E-state index contributed by atoms with van der Waals surface area (Å²) in [5.41, 5.74) is 3.51. The predicted octanol–water partition coefficient (Wildman–Crippen LogP) is 4.14. The SMILES string of the molecule is COCC(=O)N1CCc2cc(N(Cc3ccc(Cl)cc3)S(=O)(=O)c3cccc(C#N)c3)ccc2C1. The molecule has 0 bridgehead atoms. The van der Waals surface area contributed by atoms with Crippen molar-refractivity contribution < 1.29 is 17.9 Å². The van der Waals surface area contributed by atoms with E-state index in [2.05, 4.69) is 0 Å². The van der Waals surface area contributed by atoms with Gasteiger partial charge >= 0.3 is 0 Å². The van der Waals surface area contributed by atoms with E-state index in [1.165, 1.54) is 23.5 Å². The fraction of sp³-hybridized carbons (Fsp3) is 0.231. The highest BCUT2D eigenvalue weighted by Gasteiger charge is 2.28. The first kappa shape index (κ1) is 24.7. The zero-order valence-electron chi connectivity index (χ0n) is 19.1. The number of benzene rings is 3. The van der Waals surface area contributed by atoms with Gasteiger partial charge < -0.3 is 9.64 Å². The van der Waals surface area contributed by atoms with E-state index in [1.54, 1.807) is 47.4 Å². The number of halogens is 1. The lowest BCUT2D eigenvalue weighted by molar-refractivity contribution is -0.136. The molecule has 3 aromatic rings. The van der Waals surface area contributed by atoms with E-state index in [0.29, 0.717) is 30.2 Å². The van der Waals surface area contributed by atoms with Gasteiger partial charge in [-0.2, -0.15) is 5.26 Å². The van der Waals surface area contributed by atoms with Crippen molar-refractivity contribution in [2.45, 2.75) is 24.4 Å². The second-order valence-electron chi connectivity index (χ2n) is 8.23. The number of rotatable bonds is 7. The molecule has 0 aliphatic carbocycles. The van der Waals surface area contributed by atoms with Gasteiger partial charge in [0, 0.05) is 25.2 Å². The standard InChI is InChI=1S/C26H24ClN3O4S/c1-34-18-26(31)29-12-11-21-14-24(10-7-22(21)17-29)30(16-19-5-8-23(27)9-6-19)35(32,33)25-4-2-3-20(13-25)15-28/h2-10,13-14H,11-12,16-18H2,1H3. The topological polar surface area (TPSA) is 90.7 Å². The largest absolute Gasteiger partial charge is 0.375 e. The van der Waals surface area contributed by atoms with E-state index < -0.39 is 10.0 Å². The number of sulfonamides is 1. The van der Waals surface area contributed by atoms with Crippen molar-refractivity contribution in [1.82, 2.24) is 4.90 Å². The van der Waals surface area contributed by atoms with Crippen molar-refractivity contribution in [3.8, 4) is 6.07 Å². The molecule has 35 heavy (non-hydrogen) atoms. The van der Waals surface area contributed by atoms with Gasteiger partial charge in [-0.25, -0.2) is 8.42 Å². The fourth-order valence-corrected chi connectivity index (χ4v) is 5.66. The molecule has 0 unspecified atom stereocenters. The van der Waals surface area contributed by atoms with Crippen LogP contribution in [0.4, 0.5) is 5.69 Å². The molecule has 0 radical (unpaired) electrons. The Kier molecular flexibility index (Phi) is 7.41. The molecular formula is C26H24ClN3O4S. The van der Waals surface area contributed by atoms with Crippen LogP contribution in [0.5, 0.6) is 0 Å². The quantitative estimate of drug-likeness (QED) is 0.477. The fourth-order valence-electron chi connectivity index (χ4n) is 4.05. The normalized spacial score (nSPS) is 13.1. The molecule has 7 nitrogen and oxygen atoms in total. The monoisotopic (exact) mass is 509 g/mol. The van der Waals surface area contributed by atoms with Crippen LogP contribution in [-0.2, 0) is 39.1 Å². The molecule has 3 aromatic carbocycles. The van der Waals surface area contributed by atoms with Crippen molar-refractivity contribution in [2.24, 2.45) is 0 Å². The molecule has 1 heterocycles. The summed E-state index contributed by atoms with van der Waals surface area (Å²) in [5.74, 6) is -0.0773. The second kappa shape index (κ2) is 10.5. The van der Waals surface area contributed by atoms with Crippen LogP contribution in [0, 0.1) is 11.3 Å². The minimum Gasteiger partial charge on any atom is -0.375 e. The van der Waals surface area contributed by atoms with Crippen LogP contribution in [0.2, 0.25) is 5.02 Å². The number of carbonyl (C=O) groups is 1. The minimum atomic E-state index is -3.98. The molecular weight excluding hydrogens is 486 g/mol. The average molecular weight is 510 g/mol. The first-order valence-electron chi connectivity index (χ1n) is 11.0. The average Bonchev–Trinajstić information content (AvgIpc) is 2.87. The number of nitriles is 1. The molecule has 1 amide bonds. The van der Waals surface area contributed by atoms with E-state index in [1.807, 2.05) is 18.2 Å². The highest BCUT2D eigenvalue weighted by molar-refractivity contribution is 7.92. The molecule has 1 aliphatic rings. The molecule has 0 saturated heterocycles. The van der Waals surface area contributed by atoms with Crippen LogP contribution >= 0.6 is 11.6 Å². The summed E-state index contributed by atoms with van der Waals surface area (Å²) in [6.07, 6.45) is 0.609. The Hall–Kier alpha value is -3.38. The summed E-state index contributed by atoms with van der Waals surface area (Å²) in [6, 6.07) is 20.5. The predicted molar refractivity (Wildman–Crippen MR) is 133 cm³/mol. The third-order valence-electron chi connectivity index (χ3n) is 5.90. The van der Waals surface area contributed by atoms with Crippen LogP contribution in [0.1, 0.15) is 22.3 Å². The minimum absolute atomic E-state index is 0.0301. The van der Waals surface area contributed by atoms with Gasteiger partial charge in [-0.05, 0) is 65.6 Å². The molecule has 0 atom stereocenters. The van der Waals surface area contributed by atoms with Gasteiger partial charge in [-0.1, -0.05) is 35.9 Å². The lowest BCUT2D eigenvalue weighted by atomic mass is 9.99. The van der Waals surface area contributed by atoms with Gasteiger partial charge in [0.2, 0.25) is 5.91 Å². The maximum absolute atomic E-state index is 13.8. The Labute approximate surface area is 210 Å². The lowest BCUT2D eigenvalue weighted by Crippen LogP contribution is -2.38. The highest BCUT2D eigenvalue weighted by atomic mass is 35.5. The molecule has 9 heteroatoms. The molecule has 0 spiro atoms.